The summed E-state index contributed by atoms with van der Waals surface area (Å²) in [6.45, 7) is 6.28. The maximum Gasteiger partial charge on any atom is 0.335 e. The second-order valence-electron chi connectivity index (χ2n) is 5.21. The summed E-state index contributed by atoms with van der Waals surface area (Å²) in [4.78, 5) is 23.3. The second-order valence-corrected chi connectivity index (χ2v) is 5.21. The van der Waals surface area contributed by atoms with Gasteiger partial charge < -0.3 is 14.4 Å². The lowest BCUT2D eigenvalue weighted by Crippen LogP contribution is -2.20. The van der Waals surface area contributed by atoms with Gasteiger partial charge in [-0.05, 0) is 38.5 Å². The van der Waals surface area contributed by atoms with Crippen LogP contribution in [-0.4, -0.2) is 21.7 Å². The lowest BCUT2D eigenvalue weighted by atomic mass is 10.1. The molecule has 0 fully saturated rings. The number of aromatic carboxylic acids is 1. The van der Waals surface area contributed by atoms with E-state index in [4.69, 9.17) is 4.74 Å². The van der Waals surface area contributed by atoms with Crippen LogP contribution in [0.15, 0.2) is 29.1 Å². The summed E-state index contributed by atoms with van der Waals surface area (Å²) in [5.41, 5.74) is 0.698. The second kappa shape index (κ2) is 5.99. The van der Waals surface area contributed by atoms with Gasteiger partial charge in [-0.1, -0.05) is 6.92 Å². The van der Waals surface area contributed by atoms with Gasteiger partial charge in [0.05, 0.1) is 17.2 Å². The molecule has 5 nitrogen and oxygen atoms in total. The Labute approximate surface area is 122 Å². The van der Waals surface area contributed by atoms with E-state index in [9.17, 15) is 14.7 Å². The molecule has 0 saturated carbocycles. The molecule has 0 amide bonds. The van der Waals surface area contributed by atoms with Crippen LogP contribution in [-0.2, 0) is 6.54 Å². The Hall–Kier alpha value is -2.30. The molecule has 0 aliphatic heterocycles. The maximum atomic E-state index is 12.1. The molecule has 2 aromatic rings. The van der Waals surface area contributed by atoms with E-state index in [0.29, 0.717) is 23.2 Å². The number of carboxylic acid groups (broad SMARTS) is 1. The SMILES string of the molecule is CCCn1c(=O)ccc2cc(C(=O)O)cc(OC(C)C)c21. The zero-order valence-electron chi connectivity index (χ0n) is 12.4. The van der Waals surface area contributed by atoms with Crippen molar-refractivity contribution in [2.45, 2.75) is 39.8 Å². The Kier molecular flexibility index (Phi) is 4.31. The number of carbonyl (C=O) groups is 1. The molecule has 1 heterocycles. The minimum absolute atomic E-state index is 0.109. The highest BCUT2D eigenvalue weighted by atomic mass is 16.5. The van der Waals surface area contributed by atoms with E-state index in [1.54, 1.807) is 16.7 Å². The van der Waals surface area contributed by atoms with Gasteiger partial charge in [0.1, 0.15) is 5.75 Å². The first-order valence-electron chi connectivity index (χ1n) is 7.01. The first kappa shape index (κ1) is 15.1. The molecule has 0 aliphatic rings. The largest absolute Gasteiger partial charge is 0.489 e. The number of hydrogen-bond donors (Lipinski definition) is 1. The summed E-state index contributed by atoms with van der Waals surface area (Å²) in [7, 11) is 0. The fourth-order valence-electron chi connectivity index (χ4n) is 2.32. The Morgan fingerprint density at radius 3 is 2.62 bits per heavy atom. The molecule has 0 saturated heterocycles. The highest BCUT2D eigenvalue weighted by molar-refractivity contribution is 5.96. The number of pyridine rings is 1. The van der Waals surface area contributed by atoms with Crippen molar-refractivity contribution in [3.8, 4) is 5.75 Å². The van der Waals surface area contributed by atoms with Gasteiger partial charge >= 0.3 is 5.97 Å². The van der Waals surface area contributed by atoms with Crippen molar-refractivity contribution in [1.29, 1.82) is 0 Å². The van der Waals surface area contributed by atoms with Gasteiger partial charge in [0.2, 0.25) is 0 Å². The van der Waals surface area contributed by atoms with E-state index in [2.05, 4.69) is 0 Å². The summed E-state index contributed by atoms with van der Waals surface area (Å²) >= 11 is 0. The number of fused-ring (bicyclic) bond motifs is 1. The van der Waals surface area contributed by atoms with Crippen LogP contribution in [0, 0.1) is 0 Å². The predicted octanol–water partition coefficient (Wildman–Crippen LogP) is 2.90. The molecule has 0 spiro atoms. The number of aryl methyl sites for hydroxylation is 1. The summed E-state index contributed by atoms with van der Waals surface area (Å²) in [5.74, 6) is -0.579. The number of hydrogen-bond acceptors (Lipinski definition) is 3. The molecule has 0 unspecified atom stereocenters. The third kappa shape index (κ3) is 3.07. The minimum Gasteiger partial charge on any atom is -0.489 e. The van der Waals surface area contributed by atoms with Crippen LogP contribution in [0.2, 0.25) is 0 Å². The summed E-state index contributed by atoms with van der Waals surface area (Å²) in [6.07, 6.45) is 0.698. The van der Waals surface area contributed by atoms with Crippen LogP contribution >= 0.6 is 0 Å². The summed E-state index contributed by atoms with van der Waals surface area (Å²) in [5, 5.41) is 9.90. The zero-order chi connectivity index (χ0) is 15.6. The molecule has 1 N–H and O–H groups in total. The molecule has 0 bridgehead atoms. The summed E-state index contributed by atoms with van der Waals surface area (Å²) < 4.78 is 7.37. The van der Waals surface area contributed by atoms with Crippen molar-refractivity contribution in [3.05, 3.63) is 40.2 Å². The molecule has 1 aromatic carbocycles. The van der Waals surface area contributed by atoms with Gasteiger partial charge in [-0.15, -0.1) is 0 Å². The van der Waals surface area contributed by atoms with Gasteiger partial charge in [0.15, 0.2) is 0 Å². The molecular weight excluding hydrogens is 270 g/mol. The fraction of sp³-hybridized carbons (Fsp3) is 0.375. The van der Waals surface area contributed by atoms with Crippen molar-refractivity contribution >= 4 is 16.9 Å². The van der Waals surface area contributed by atoms with Crippen LogP contribution in [0.4, 0.5) is 0 Å². The number of nitrogens with zero attached hydrogens (tertiary/aromatic N) is 1. The third-order valence-corrected chi connectivity index (χ3v) is 3.10. The quantitative estimate of drug-likeness (QED) is 0.919. The Balaban J connectivity index is 2.81. The van der Waals surface area contributed by atoms with Gasteiger partial charge in [0.25, 0.3) is 5.56 Å². The van der Waals surface area contributed by atoms with Crippen LogP contribution in [0.5, 0.6) is 5.75 Å². The average molecular weight is 289 g/mol. The zero-order valence-corrected chi connectivity index (χ0v) is 12.4. The Morgan fingerprint density at radius 1 is 1.33 bits per heavy atom. The molecule has 21 heavy (non-hydrogen) atoms. The number of rotatable bonds is 5. The van der Waals surface area contributed by atoms with E-state index in [1.165, 1.54) is 12.1 Å². The fourth-order valence-corrected chi connectivity index (χ4v) is 2.32. The van der Waals surface area contributed by atoms with Crippen molar-refractivity contribution < 1.29 is 14.6 Å². The molecule has 5 heteroatoms. The van der Waals surface area contributed by atoms with Gasteiger partial charge in [-0.2, -0.15) is 0 Å². The van der Waals surface area contributed by atoms with E-state index in [-0.39, 0.29) is 17.2 Å². The maximum absolute atomic E-state index is 12.1. The van der Waals surface area contributed by atoms with Gasteiger partial charge in [-0.3, -0.25) is 4.79 Å². The molecule has 112 valence electrons. The minimum atomic E-state index is -1.02. The first-order valence-corrected chi connectivity index (χ1v) is 7.01. The Bertz CT molecular complexity index is 731. The van der Waals surface area contributed by atoms with Crippen LogP contribution in [0.3, 0.4) is 0 Å². The molecule has 0 aliphatic carbocycles. The third-order valence-electron chi connectivity index (χ3n) is 3.10. The lowest BCUT2D eigenvalue weighted by Gasteiger charge is -2.17. The lowest BCUT2D eigenvalue weighted by molar-refractivity contribution is 0.0696. The molecule has 0 radical (unpaired) electrons. The van der Waals surface area contributed by atoms with E-state index in [0.717, 1.165) is 6.42 Å². The van der Waals surface area contributed by atoms with Crippen molar-refractivity contribution in [1.82, 2.24) is 4.57 Å². The van der Waals surface area contributed by atoms with Crippen molar-refractivity contribution in [3.63, 3.8) is 0 Å². The van der Waals surface area contributed by atoms with E-state index < -0.39 is 5.97 Å². The standard InChI is InChI=1S/C16H19NO4/c1-4-7-17-14(18)6-5-11-8-12(16(19)20)9-13(15(11)17)21-10(2)3/h5-6,8-10H,4,7H2,1-3H3,(H,19,20). The average Bonchev–Trinajstić information content (AvgIpc) is 2.41. The predicted molar refractivity (Wildman–Crippen MR) is 81.2 cm³/mol. The summed E-state index contributed by atoms with van der Waals surface area (Å²) in [6, 6.07) is 6.15. The normalized spacial score (nSPS) is 11.0. The number of carboxylic acids is 1. The van der Waals surface area contributed by atoms with Crippen molar-refractivity contribution in [2.24, 2.45) is 0 Å². The van der Waals surface area contributed by atoms with E-state index in [1.807, 2.05) is 20.8 Å². The van der Waals surface area contributed by atoms with E-state index >= 15 is 0 Å². The van der Waals surface area contributed by atoms with Crippen LogP contribution < -0.4 is 10.3 Å². The molecule has 1 aromatic heterocycles. The van der Waals surface area contributed by atoms with Crippen LogP contribution in [0.25, 0.3) is 10.9 Å². The highest BCUT2D eigenvalue weighted by Crippen LogP contribution is 2.28. The highest BCUT2D eigenvalue weighted by Gasteiger charge is 2.15. The topological polar surface area (TPSA) is 68.5 Å². The molecular formula is C16H19NO4. The van der Waals surface area contributed by atoms with Gasteiger partial charge in [-0.25, -0.2) is 4.79 Å². The van der Waals surface area contributed by atoms with Crippen LogP contribution in [0.1, 0.15) is 37.6 Å². The molecule has 2 rings (SSSR count). The number of aromatic nitrogens is 1. The monoisotopic (exact) mass is 289 g/mol. The Morgan fingerprint density at radius 2 is 2.05 bits per heavy atom. The van der Waals surface area contributed by atoms with Gasteiger partial charge in [0, 0.05) is 18.0 Å². The molecule has 0 atom stereocenters. The smallest absolute Gasteiger partial charge is 0.335 e. The first-order chi connectivity index (χ1) is 9.93. The number of ether oxygens (including phenoxy) is 1. The number of benzene rings is 1. The van der Waals surface area contributed by atoms with Crippen molar-refractivity contribution in [2.75, 3.05) is 0 Å².